The van der Waals surface area contributed by atoms with E-state index in [1.807, 2.05) is 31.2 Å². The molecule has 1 atom stereocenters. The molecule has 1 aliphatic rings. The number of amides is 2. The third-order valence-electron chi connectivity index (χ3n) is 3.01. The van der Waals surface area contributed by atoms with E-state index in [1.165, 1.54) is 12.0 Å². The van der Waals surface area contributed by atoms with Gasteiger partial charge in [-0.05, 0) is 12.5 Å². The molecule has 1 saturated heterocycles. The Labute approximate surface area is 106 Å². The molecule has 1 unspecified atom stereocenters. The molecule has 1 fully saturated rings. The zero-order valence-electron chi connectivity index (χ0n) is 10.5. The van der Waals surface area contributed by atoms with E-state index in [-0.39, 0.29) is 5.91 Å². The quantitative estimate of drug-likeness (QED) is 0.813. The van der Waals surface area contributed by atoms with Crippen LogP contribution in [0.15, 0.2) is 24.3 Å². The molecule has 5 nitrogen and oxygen atoms in total. The number of carbonyl (C=O) groups excluding carboxylic acids is 2. The molecule has 2 amide bonds. The zero-order chi connectivity index (χ0) is 13.1. The highest BCUT2D eigenvalue weighted by atomic mass is 16.5. The molecule has 1 heterocycles. The van der Waals surface area contributed by atoms with Gasteiger partial charge in [-0.2, -0.15) is 0 Å². The summed E-state index contributed by atoms with van der Waals surface area (Å²) < 4.78 is 4.72. The Morgan fingerprint density at radius 3 is 2.67 bits per heavy atom. The lowest BCUT2D eigenvalue weighted by molar-refractivity contribution is -0.128. The van der Waals surface area contributed by atoms with E-state index in [1.54, 1.807) is 0 Å². The molecular weight excluding hydrogens is 232 g/mol. The van der Waals surface area contributed by atoms with Gasteiger partial charge in [0, 0.05) is 13.1 Å². The molecule has 1 aliphatic heterocycles. The molecule has 18 heavy (non-hydrogen) atoms. The number of ether oxygens (including phenoxy) is 1. The fraction of sp³-hybridized carbons (Fsp3) is 0.385. The maximum atomic E-state index is 11.9. The SMILES string of the molecule is COC(=O)N1CCNC(=O)C1c1ccc(C)cc1. The minimum atomic E-state index is -0.605. The molecule has 1 aromatic carbocycles. The van der Waals surface area contributed by atoms with E-state index in [9.17, 15) is 9.59 Å². The zero-order valence-corrected chi connectivity index (χ0v) is 10.5. The van der Waals surface area contributed by atoms with Crippen molar-refractivity contribution in [1.29, 1.82) is 0 Å². The minimum absolute atomic E-state index is 0.171. The van der Waals surface area contributed by atoms with Gasteiger partial charge in [-0.15, -0.1) is 0 Å². The van der Waals surface area contributed by atoms with E-state index in [4.69, 9.17) is 4.74 Å². The Bertz CT molecular complexity index is 456. The number of benzene rings is 1. The summed E-state index contributed by atoms with van der Waals surface area (Å²) in [4.78, 5) is 25.1. The first-order chi connectivity index (χ1) is 8.63. The molecular formula is C13H16N2O3. The summed E-state index contributed by atoms with van der Waals surface area (Å²) in [6.45, 7) is 2.88. The van der Waals surface area contributed by atoms with Gasteiger partial charge < -0.3 is 10.1 Å². The van der Waals surface area contributed by atoms with Gasteiger partial charge in [-0.25, -0.2) is 4.79 Å². The average molecular weight is 248 g/mol. The largest absolute Gasteiger partial charge is 0.453 e. The number of piperazine rings is 1. The predicted molar refractivity (Wildman–Crippen MR) is 66.0 cm³/mol. The lowest BCUT2D eigenvalue weighted by atomic mass is 10.0. The number of rotatable bonds is 1. The predicted octanol–water partition coefficient (Wildman–Crippen LogP) is 1.23. The Morgan fingerprint density at radius 2 is 2.06 bits per heavy atom. The van der Waals surface area contributed by atoms with Crippen LogP contribution in [0.3, 0.4) is 0 Å². The maximum Gasteiger partial charge on any atom is 0.410 e. The van der Waals surface area contributed by atoms with Crippen molar-refractivity contribution in [3.63, 3.8) is 0 Å². The minimum Gasteiger partial charge on any atom is -0.453 e. The molecule has 0 bridgehead atoms. The van der Waals surface area contributed by atoms with Gasteiger partial charge >= 0.3 is 6.09 Å². The van der Waals surface area contributed by atoms with Crippen LogP contribution >= 0.6 is 0 Å². The van der Waals surface area contributed by atoms with Gasteiger partial charge in [0.25, 0.3) is 0 Å². The summed E-state index contributed by atoms with van der Waals surface area (Å²) in [5, 5.41) is 2.77. The van der Waals surface area contributed by atoms with Crippen LogP contribution in [0, 0.1) is 6.92 Å². The topological polar surface area (TPSA) is 58.6 Å². The van der Waals surface area contributed by atoms with Crippen LogP contribution in [0.2, 0.25) is 0 Å². The Hall–Kier alpha value is -2.04. The van der Waals surface area contributed by atoms with Crippen LogP contribution in [0.5, 0.6) is 0 Å². The van der Waals surface area contributed by atoms with Gasteiger partial charge in [-0.1, -0.05) is 29.8 Å². The number of carbonyl (C=O) groups is 2. The van der Waals surface area contributed by atoms with Gasteiger partial charge in [0.2, 0.25) is 5.91 Å². The normalized spacial score (nSPS) is 19.3. The van der Waals surface area contributed by atoms with Crippen molar-refractivity contribution in [2.45, 2.75) is 13.0 Å². The summed E-state index contributed by atoms with van der Waals surface area (Å²) in [6.07, 6.45) is -0.476. The molecule has 0 radical (unpaired) electrons. The Morgan fingerprint density at radius 1 is 1.39 bits per heavy atom. The molecule has 1 aromatic rings. The third kappa shape index (κ3) is 2.30. The van der Waals surface area contributed by atoms with Gasteiger partial charge in [0.1, 0.15) is 6.04 Å². The summed E-state index contributed by atoms with van der Waals surface area (Å²) >= 11 is 0. The number of methoxy groups -OCH3 is 1. The van der Waals surface area contributed by atoms with Crippen molar-refractivity contribution in [2.24, 2.45) is 0 Å². The van der Waals surface area contributed by atoms with E-state index in [0.29, 0.717) is 13.1 Å². The highest BCUT2D eigenvalue weighted by molar-refractivity contribution is 5.88. The van der Waals surface area contributed by atoms with Crippen molar-refractivity contribution in [1.82, 2.24) is 10.2 Å². The number of hydrogen-bond donors (Lipinski definition) is 1. The molecule has 0 saturated carbocycles. The smallest absolute Gasteiger partial charge is 0.410 e. The average Bonchev–Trinajstić information content (AvgIpc) is 2.39. The van der Waals surface area contributed by atoms with Gasteiger partial charge in [0.05, 0.1) is 7.11 Å². The number of nitrogens with zero attached hydrogens (tertiary/aromatic N) is 1. The second kappa shape index (κ2) is 5.08. The van der Waals surface area contributed by atoms with Crippen LogP contribution in [0.4, 0.5) is 4.79 Å². The second-order valence-electron chi connectivity index (χ2n) is 4.27. The highest BCUT2D eigenvalue weighted by Crippen LogP contribution is 2.24. The third-order valence-corrected chi connectivity index (χ3v) is 3.01. The Kier molecular flexibility index (Phi) is 3.50. The molecule has 5 heteroatoms. The van der Waals surface area contributed by atoms with Crippen molar-refractivity contribution in [3.05, 3.63) is 35.4 Å². The standard InChI is InChI=1S/C13H16N2O3/c1-9-3-5-10(6-4-9)11-12(16)14-7-8-15(11)13(17)18-2/h3-6,11H,7-8H2,1-2H3,(H,14,16). The number of nitrogens with one attached hydrogen (secondary N) is 1. The molecule has 0 aliphatic carbocycles. The van der Waals surface area contributed by atoms with Crippen molar-refractivity contribution in [2.75, 3.05) is 20.2 Å². The van der Waals surface area contributed by atoms with E-state index in [2.05, 4.69) is 5.32 Å². The molecule has 0 spiro atoms. The highest BCUT2D eigenvalue weighted by Gasteiger charge is 2.34. The van der Waals surface area contributed by atoms with Gasteiger partial charge in [-0.3, -0.25) is 9.69 Å². The van der Waals surface area contributed by atoms with Crippen molar-refractivity contribution >= 4 is 12.0 Å². The molecule has 0 aromatic heterocycles. The number of aryl methyl sites for hydroxylation is 1. The summed E-state index contributed by atoms with van der Waals surface area (Å²) in [7, 11) is 1.32. The van der Waals surface area contributed by atoms with Crippen molar-refractivity contribution < 1.29 is 14.3 Å². The second-order valence-corrected chi connectivity index (χ2v) is 4.27. The van der Waals surface area contributed by atoms with Crippen LogP contribution in [0.1, 0.15) is 17.2 Å². The molecule has 1 N–H and O–H groups in total. The first kappa shape index (κ1) is 12.4. The first-order valence-corrected chi connectivity index (χ1v) is 5.82. The summed E-state index contributed by atoms with van der Waals surface area (Å²) in [6, 6.07) is 6.97. The summed E-state index contributed by atoms with van der Waals surface area (Å²) in [5.74, 6) is -0.171. The van der Waals surface area contributed by atoms with E-state index < -0.39 is 12.1 Å². The Balaban J connectivity index is 2.32. The lowest BCUT2D eigenvalue weighted by Crippen LogP contribution is -2.52. The van der Waals surface area contributed by atoms with Gasteiger partial charge in [0.15, 0.2) is 0 Å². The van der Waals surface area contributed by atoms with Crippen molar-refractivity contribution in [3.8, 4) is 0 Å². The van der Waals surface area contributed by atoms with E-state index >= 15 is 0 Å². The number of hydrogen-bond acceptors (Lipinski definition) is 3. The lowest BCUT2D eigenvalue weighted by Gasteiger charge is -2.34. The molecule has 2 rings (SSSR count). The van der Waals surface area contributed by atoms with Crippen LogP contribution in [-0.4, -0.2) is 37.1 Å². The fourth-order valence-corrected chi connectivity index (χ4v) is 2.06. The maximum absolute atomic E-state index is 11.9. The van der Waals surface area contributed by atoms with Crippen LogP contribution < -0.4 is 5.32 Å². The van der Waals surface area contributed by atoms with Crippen LogP contribution in [-0.2, 0) is 9.53 Å². The fourth-order valence-electron chi connectivity index (χ4n) is 2.06. The molecule has 96 valence electrons. The van der Waals surface area contributed by atoms with Crippen LogP contribution in [0.25, 0.3) is 0 Å². The van der Waals surface area contributed by atoms with E-state index in [0.717, 1.165) is 11.1 Å². The monoisotopic (exact) mass is 248 g/mol. The summed E-state index contributed by atoms with van der Waals surface area (Å²) in [5.41, 5.74) is 1.91. The first-order valence-electron chi connectivity index (χ1n) is 5.82.